The monoisotopic (exact) mass is 264 g/mol. The van der Waals surface area contributed by atoms with Crippen molar-refractivity contribution >= 4 is 11.4 Å². The van der Waals surface area contributed by atoms with Crippen LogP contribution < -0.4 is 4.90 Å². The van der Waals surface area contributed by atoms with Gasteiger partial charge < -0.3 is 10.0 Å². The van der Waals surface area contributed by atoms with Gasteiger partial charge in [-0.05, 0) is 31.7 Å². The van der Waals surface area contributed by atoms with Crippen LogP contribution in [0.3, 0.4) is 0 Å². The molecule has 1 aromatic rings. The summed E-state index contributed by atoms with van der Waals surface area (Å²) in [6, 6.07) is 5.14. The van der Waals surface area contributed by atoms with Crippen molar-refractivity contribution in [1.82, 2.24) is 0 Å². The largest absolute Gasteiger partial charge is 0.392 e. The molecule has 0 radical (unpaired) electrons. The number of nitro groups is 1. The number of hydrogen-bond donors (Lipinski definition) is 1. The summed E-state index contributed by atoms with van der Waals surface area (Å²) < 4.78 is 0. The number of benzene rings is 1. The molecule has 5 heteroatoms. The normalized spacial score (nSPS) is 23.4. The number of aliphatic hydroxyl groups is 1. The quantitative estimate of drug-likeness (QED) is 0.673. The molecule has 1 heterocycles. The minimum Gasteiger partial charge on any atom is -0.392 e. The zero-order valence-corrected chi connectivity index (χ0v) is 11.4. The molecule has 1 fully saturated rings. The van der Waals surface area contributed by atoms with Gasteiger partial charge in [-0.25, -0.2) is 0 Å². The van der Waals surface area contributed by atoms with Gasteiger partial charge in [-0.15, -0.1) is 0 Å². The first-order chi connectivity index (χ1) is 9.04. The van der Waals surface area contributed by atoms with Crippen molar-refractivity contribution in [2.45, 2.75) is 39.3 Å². The third-order valence-electron chi connectivity index (χ3n) is 4.13. The smallest absolute Gasteiger partial charge is 0.269 e. The van der Waals surface area contributed by atoms with Crippen molar-refractivity contribution < 1.29 is 10.0 Å². The Kier molecular flexibility index (Phi) is 4.04. The highest BCUT2D eigenvalue weighted by molar-refractivity contribution is 5.58. The second-order valence-corrected chi connectivity index (χ2v) is 5.28. The summed E-state index contributed by atoms with van der Waals surface area (Å²) in [5.74, 6) is 0.593. The van der Waals surface area contributed by atoms with E-state index in [0.717, 1.165) is 18.7 Å². The molecule has 0 aromatic heterocycles. The van der Waals surface area contributed by atoms with Gasteiger partial charge in [0.2, 0.25) is 0 Å². The lowest BCUT2D eigenvalue weighted by molar-refractivity contribution is -0.384. The Morgan fingerprint density at radius 1 is 1.47 bits per heavy atom. The van der Waals surface area contributed by atoms with Crippen molar-refractivity contribution in [3.63, 3.8) is 0 Å². The highest BCUT2D eigenvalue weighted by atomic mass is 16.6. The van der Waals surface area contributed by atoms with Gasteiger partial charge >= 0.3 is 0 Å². The standard InChI is InChI=1S/C14H20N2O3/c1-10-4-3-7-15(11(10)2)14-6-5-13(16(18)19)8-12(14)9-17/h5-6,8,10-11,17H,3-4,7,9H2,1-2H3. The predicted octanol–water partition coefficient (Wildman–Crippen LogP) is 2.71. The van der Waals surface area contributed by atoms with E-state index in [1.165, 1.54) is 18.6 Å². The second kappa shape index (κ2) is 5.57. The summed E-state index contributed by atoms with van der Waals surface area (Å²) in [4.78, 5) is 12.6. The van der Waals surface area contributed by atoms with Crippen LogP contribution in [0.15, 0.2) is 18.2 Å². The van der Waals surface area contributed by atoms with Crippen LogP contribution in [0.1, 0.15) is 32.3 Å². The van der Waals surface area contributed by atoms with Crippen LogP contribution in [-0.2, 0) is 6.61 Å². The van der Waals surface area contributed by atoms with Gasteiger partial charge in [-0.2, -0.15) is 0 Å². The summed E-state index contributed by atoms with van der Waals surface area (Å²) in [6.07, 6.45) is 2.33. The van der Waals surface area contributed by atoms with Crippen LogP contribution in [0.2, 0.25) is 0 Å². The SMILES string of the molecule is CC1CCCN(c2ccc([N+](=O)[O-])cc2CO)C1C. The molecule has 2 unspecified atom stereocenters. The number of piperidine rings is 1. The predicted molar refractivity (Wildman–Crippen MR) is 74.2 cm³/mol. The molecule has 2 atom stereocenters. The van der Waals surface area contributed by atoms with E-state index in [0.29, 0.717) is 17.5 Å². The lowest BCUT2D eigenvalue weighted by atomic mass is 9.91. The number of rotatable bonds is 3. The lowest BCUT2D eigenvalue weighted by Crippen LogP contribution is -2.42. The molecule has 19 heavy (non-hydrogen) atoms. The first-order valence-electron chi connectivity index (χ1n) is 6.69. The molecule has 1 aromatic carbocycles. The molecule has 104 valence electrons. The van der Waals surface area contributed by atoms with Crippen molar-refractivity contribution in [2.75, 3.05) is 11.4 Å². The van der Waals surface area contributed by atoms with Gasteiger partial charge in [0, 0.05) is 36.0 Å². The number of aliphatic hydroxyl groups excluding tert-OH is 1. The molecule has 0 amide bonds. The summed E-state index contributed by atoms with van der Waals surface area (Å²) >= 11 is 0. The van der Waals surface area contributed by atoms with Gasteiger partial charge in [-0.3, -0.25) is 10.1 Å². The molecule has 0 saturated carbocycles. The van der Waals surface area contributed by atoms with Crippen LogP contribution in [0, 0.1) is 16.0 Å². The van der Waals surface area contributed by atoms with Crippen LogP contribution in [0.5, 0.6) is 0 Å². The maximum atomic E-state index is 10.8. The molecule has 1 N–H and O–H groups in total. The van der Waals surface area contributed by atoms with Crippen molar-refractivity contribution in [3.8, 4) is 0 Å². The van der Waals surface area contributed by atoms with Crippen LogP contribution in [0.25, 0.3) is 0 Å². The van der Waals surface area contributed by atoms with Crippen LogP contribution in [-0.4, -0.2) is 22.6 Å². The fourth-order valence-electron chi connectivity index (χ4n) is 2.77. The minimum atomic E-state index is -0.425. The van der Waals surface area contributed by atoms with E-state index in [4.69, 9.17) is 0 Å². The van der Waals surface area contributed by atoms with Crippen molar-refractivity contribution in [2.24, 2.45) is 5.92 Å². The summed E-state index contributed by atoms with van der Waals surface area (Å²) in [5.41, 5.74) is 1.59. The lowest BCUT2D eigenvalue weighted by Gasteiger charge is -2.40. The highest BCUT2D eigenvalue weighted by Gasteiger charge is 2.26. The fraction of sp³-hybridized carbons (Fsp3) is 0.571. The summed E-state index contributed by atoms with van der Waals surface area (Å²) in [5, 5.41) is 20.2. The van der Waals surface area contributed by atoms with E-state index in [1.807, 2.05) is 0 Å². The van der Waals surface area contributed by atoms with Gasteiger partial charge in [0.1, 0.15) is 0 Å². The van der Waals surface area contributed by atoms with E-state index < -0.39 is 4.92 Å². The number of hydrogen-bond acceptors (Lipinski definition) is 4. The Morgan fingerprint density at radius 2 is 2.21 bits per heavy atom. The third kappa shape index (κ3) is 2.71. The van der Waals surface area contributed by atoms with Crippen LogP contribution in [0.4, 0.5) is 11.4 Å². The topological polar surface area (TPSA) is 66.6 Å². The van der Waals surface area contributed by atoms with E-state index in [9.17, 15) is 15.2 Å². The van der Waals surface area contributed by atoms with Gasteiger partial charge in [0.25, 0.3) is 5.69 Å². The summed E-state index contributed by atoms with van der Waals surface area (Å²) in [7, 11) is 0. The Balaban J connectivity index is 2.35. The first-order valence-corrected chi connectivity index (χ1v) is 6.69. The molecule has 5 nitrogen and oxygen atoms in total. The van der Waals surface area contributed by atoms with Crippen LogP contribution >= 0.6 is 0 Å². The maximum Gasteiger partial charge on any atom is 0.269 e. The Labute approximate surface area is 113 Å². The molecule has 1 aliphatic heterocycles. The number of anilines is 1. The maximum absolute atomic E-state index is 10.8. The van der Waals surface area contributed by atoms with Gasteiger partial charge in [-0.1, -0.05) is 6.92 Å². The minimum absolute atomic E-state index is 0.0329. The molecular weight excluding hydrogens is 244 g/mol. The van der Waals surface area contributed by atoms with E-state index >= 15 is 0 Å². The zero-order chi connectivity index (χ0) is 14.0. The van der Waals surface area contributed by atoms with Gasteiger partial charge in [0.15, 0.2) is 0 Å². The molecule has 1 saturated heterocycles. The molecule has 0 aliphatic carbocycles. The van der Waals surface area contributed by atoms with E-state index in [-0.39, 0.29) is 12.3 Å². The van der Waals surface area contributed by atoms with Gasteiger partial charge in [0.05, 0.1) is 11.5 Å². The molecule has 0 spiro atoms. The Morgan fingerprint density at radius 3 is 2.84 bits per heavy atom. The molecule has 2 rings (SSSR count). The fourth-order valence-corrected chi connectivity index (χ4v) is 2.77. The summed E-state index contributed by atoms with van der Waals surface area (Å²) in [6.45, 7) is 5.16. The zero-order valence-electron chi connectivity index (χ0n) is 11.4. The second-order valence-electron chi connectivity index (χ2n) is 5.28. The molecule has 1 aliphatic rings. The average Bonchev–Trinajstić information content (AvgIpc) is 2.41. The number of non-ortho nitro benzene ring substituents is 1. The molecule has 0 bridgehead atoms. The highest BCUT2D eigenvalue weighted by Crippen LogP contribution is 2.32. The van der Waals surface area contributed by atoms with Crippen molar-refractivity contribution in [1.29, 1.82) is 0 Å². The Hall–Kier alpha value is -1.62. The first kappa shape index (κ1) is 13.8. The third-order valence-corrected chi connectivity index (χ3v) is 4.13. The van der Waals surface area contributed by atoms with Crippen molar-refractivity contribution in [3.05, 3.63) is 33.9 Å². The number of nitrogens with zero attached hydrogens (tertiary/aromatic N) is 2. The number of nitro benzene ring substituents is 1. The Bertz CT molecular complexity index is 476. The van der Waals surface area contributed by atoms with E-state index in [2.05, 4.69) is 18.7 Å². The van der Waals surface area contributed by atoms with E-state index in [1.54, 1.807) is 6.07 Å². The average molecular weight is 264 g/mol. The molecular formula is C14H20N2O3.